The highest BCUT2D eigenvalue weighted by Gasteiger charge is 2.21. The smallest absolute Gasteiger partial charge is 0.162 e. The summed E-state index contributed by atoms with van der Waals surface area (Å²) in [6, 6.07) is 3.48. The molecule has 0 radical (unpaired) electrons. The van der Waals surface area contributed by atoms with Gasteiger partial charge in [-0.3, -0.25) is 0 Å². The fourth-order valence-corrected chi connectivity index (χ4v) is 3.98. The molecule has 1 unspecified atom stereocenters. The van der Waals surface area contributed by atoms with Crippen molar-refractivity contribution >= 4 is 37.4 Å². The van der Waals surface area contributed by atoms with Crippen LogP contribution in [0.5, 0.6) is 11.5 Å². The van der Waals surface area contributed by atoms with E-state index in [9.17, 15) is 8.42 Å². The highest BCUT2D eigenvalue weighted by molar-refractivity contribution is 9.10. The standard InChI is InChI=1S/C11H12BrClO4S/c1-18(14,15)6-9(13)7-4-10-11(5-8(7)12)17-3-2-16-10/h4-5,9H,2-3,6H2,1H3. The Kier molecular flexibility index (Phi) is 4.08. The van der Waals surface area contributed by atoms with E-state index in [4.69, 9.17) is 21.1 Å². The molecule has 0 N–H and O–H groups in total. The van der Waals surface area contributed by atoms with Gasteiger partial charge in [0.25, 0.3) is 0 Å². The van der Waals surface area contributed by atoms with Gasteiger partial charge in [-0.25, -0.2) is 8.42 Å². The van der Waals surface area contributed by atoms with Gasteiger partial charge in [0, 0.05) is 10.7 Å². The Bertz CT molecular complexity index is 558. The summed E-state index contributed by atoms with van der Waals surface area (Å²) < 4.78 is 34.1. The van der Waals surface area contributed by atoms with E-state index in [1.54, 1.807) is 12.1 Å². The molecule has 0 aliphatic carbocycles. The van der Waals surface area contributed by atoms with Crippen LogP contribution < -0.4 is 9.47 Å². The largest absolute Gasteiger partial charge is 0.486 e. The Morgan fingerprint density at radius 3 is 2.44 bits per heavy atom. The molecule has 1 aliphatic rings. The molecule has 2 rings (SSSR count). The average Bonchev–Trinajstić information content (AvgIpc) is 2.25. The monoisotopic (exact) mass is 354 g/mol. The molecule has 0 aromatic heterocycles. The molecule has 18 heavy (non-hydrogen) atoms. The van der Waals surface area contributed by atoms with Crippen molar-refractivity contribution in [1.82, 2.24) is 0 Å². The van der Waals surface area contributed by atoms with Crippen LogP contribution in [-0.2, 0) is 9.84 Å². The summed E-state index contributed by atoms with van der Waals surface area (Å²) in [5, 5.41) is -0.620. The summed E-state index contributed by atoms with van der Waals surface area (Å²) in [4.78, 5) is 0. The van der Waals surface area contributed by atoms with E-state index in [0.717, 1.165) is 10.7 Å². The van der Waals surface area contributed by atoms with Crippen LogP contribution >= 0.6 is 27.5 Å². The van der Waals surface area contributed by atoms with E-state index < -0.39 is 15.2 Å². The molecule has 0 spiro atoms. The summed E-state index contributed by atoms with van der Waals surface area (Å²) in [5.41, 5.74) is 0.686. The minimum absolute atomic E-state index is 0.118. The maximum atomic E-state index is 11.3. The molecule has 0 amide bonds. The van der Waals surface area contributed by atoms with E-state index in [1.165, 1.54) is 0 Å². The van der Waals surface area contributed by atoms with E-state index in [0.29, 0.717) is 30.3 Å². The van der Waals surface area contributed by atoms with Crippen molar-refractivity contribution in [2.24, 2.45) is 0 Å². The van der Waals surface area contributed by atoms with Crippen LogP contribution in [0.25, 0.3) is 0 Å². The molecule has 0 bridgehead atoms. The van der Waals surface area contributed by atoms with Crippen molar-refractivity contribution in [3.05, 3.63) is 22.2 Å². The Hall–Kier alpha value is -0.460. The van der Waals surface area contributed by atoms with Crippen LogP contribution in [0.4, 0.5) is 0 Å². The Morgan fingerprint density at radius 2 is 1.89 bits per heavy atom. The van der Waals surface area contributed by atoms with Gasteiger partial charge in [0.05, 0.1) is 11.1 Å². The Labute approximate surface area is 119 Å². The van der Waals surface area contributed by atoms with Gasteiger partial charge in [-0.05, 0) is 17.7 Å². The number of fused-ring (bicyclic) bond motifs is 1. The number of rotatable bonds is 3. The van der Waals surface area contributed by atoms with Crippen molar-refractivity contribution in [2.75, 3.05) is 25.2 Å². The van der Waals surface area contributed by atoms with Crippen LogP contribution in [0, 0.1) is 0 Å². The van der Waals surface area contributed by atoms with Crippen LogP contribution in [-0.4, -0.2) is 33.6 Å². The number of halogens is 2. The van der Waals surface area contributed by atoms with Gasteiger partial charge >= 0.3 is 0 Å². The van der Waals surface area contributed by atoms with E-state index >= 15 is 0 Å². The minimum atomic E-state index is -3.13. The molecule has 1 atom stereocenters. The lowest BCUT2D eigenvalue weighted by Gasteiger charge is -2.21. The molecular weight excluding hydrogens is 344 g/mol. The molecule has 0 fully saturated rings. The van der Waals surface area contributed by atoms with Crippen molar-refractivity contribution < 1.29 is 17.9 Å². The SMILES string of the molecule is CS(=O)(=O)CC(Cl)c1cc2c(cc1Br)OCCO2. The number of hydrogen-bond donors (Lipinski definition) is 0. The van der Waals surface area contributed by atoms with Crippen LogP contribution in [0.3, 0.4) is 0 Å². The first-order chi connectivity index (χ1) is 8.37. The Balaban J connectivity index is 2.33. The van der Waals surface area contributed by atoms with Crippen molar-refractivity contribution in [3.8, 4) is 11.5 Å². The molecule has 1 heterocycles. The van der Waals surface area contributed by atoms with Crippen LogP contribution in [0.15, 0.2) is 16.6 Å². The van der Waals surface area contributed by atoms with Crippen molar-refractivity contribution in [1.29, 1.82) is 0 Å². The first-order valence-corrected chi connectivity index (χ1v) is 8.56. The van der Waals surface area contributed by atoms with Gasteiger partial charge in [-0.1, -0.05) is 15.9 Å². The summed E-state index contributed by atoms with van der Waals surface area (Å²) in [6.07, 6.45) is 1.16. The number of benzene rings is 1. The average molecular weight is 356 g/mol. The van der Waals surface area contributed by atoms with Gasteiger partial charge in [-0.2, -0.15) is 0 Å². The van der Waals surface area contributed by atoms with Crippen LogP contribution in [0.2, 0.25) is 0 Å². The number of hydrogen-bond acceptors (Lipinski definition) is 4. The molecule has 100 valence electrons. The normalized spacial score (nSPS) is 16.4. The summed E-state index contributed by atoms with van der Waals surface area (Å²) in [7, 11) is -3.13. The second kappa shape index (κ2) is 5.27. The predicted molar refractivity (Wildman–Crippen MR) is 73.4 cm³/mol. The molecule has 0 saturated carbocycles. The summed E-state index contributed by atoms with van der Waals surface area (Å²) >= 11 is 9.50. The fraction of sp³-hybridized carbons (Fsp3) is 0.455. The summed E-state index contributed by atoms with van der Waals surface area (Å²) in [6.45, 7) is 0.986. The molecule has 1 aliphatic heterocycles. The molecule has 1 aromatic carbocycles. The van der Waals surface area contributed by atoms with Gasteiger partial charge in [0.1, 0.15) is 23.1 Å². The fourth-order valence-electron chi connectivity index (χ4n) is 1.68. The zero-order valence-corrected chi connectivity index (χ0v) is 12.8. The molecular formula is C11H12BrClO4S. The van der Waals surface area contributed by atoms with Crippen molar-refractivity contribution in [3.63, 3.8) is 0 Å². The quantitative estimate of drug-likeness (QED) is 0.782. The second-order valence-electron chi connectivity index (χ2n) is 4.08. The maximum Gasteiger partial charge on any atom is 0.162 e. The summed E-state index contributed by atoms with van der Waals surface area (Å²) in [5.74, 6) is 1.12. The van der Waals surface area contributed by atoms with E-state index in [2.05, 4.69) is 15.9 Å². The first-order valence-electron chi connectivity index (χ1n) is 5.27. The van der Waals surface area contributed by atoms with E-state index in [1.807, 2.05) is 0 Å². The lowest BCUT2D eigenvalue weighted by molar-refractivity contribution is 0.171. The zero-order chi connectivity index (χ0) is 13.3. The second-order valence-corrected chi connectivity index (χ2v) is 7.64. The van der Waals surface area contributed by atoms with Crippen molar-refractivity contribution in [2.45, 2.75) is 5.38 Å². The molecule has 0 saturated heterocycles. The molecule has 4 nitrogen and oxygen atoms in total. The maximum absolute atomic E-state index is 11.3. The highest BCUT2D eigenvalue weighted by atomic mass is 79.9. The zero-order valence-electron chi connectivity index (χ0n) is 9.65. The third-order valence-electron chi connectivity index (χ3n) is 2.45. The Morgan fingerprint density at radius 1 is 1.33 bits per heavy atom. The topological polar surface area (TPSA) is 52.6 Å². The highest BCUT2D eigenvalue weighted by Crippen LogP contribution is 2.39. The lowest BCUT2D eigenvalue weighted by atomic mass is 10.1. The van der Waals surface area contributed by atoms with Gasteiger partial charge in [0.2, 0.25) is 0 Å². The predicted octanol–water partition coefficient (Wildman–Crippen LogP) is 2.54. The molecule has 7 heteroatoms. The number of ether oxygens (including phenoxy) is 2. The minimum Gasteiger partial charge on any atom is -0.486 e. The van der Waals surface area contributed by atoms with E-state index in [-0.39, 0.29) is 5.75 Å². The lowest BCUT2D eigenvalue weighted by Crippen LogP contribution is -2.16. The number of sulfone groups is 1. The first kappa shape index (κ1) is 14.0. The van der Waals surface area contributed by atoms with Gasteiger partial charge in [0.15, 0.2) is 11.5 Å². The number of alkyl halides is 1. The molecule has 1 aromatic rings. The third-order valence-corrected chi connectivity index (χ3v) is 4.65. The third kappa shape index (κ3) is 3.30. The van der Waals surface area contributed by atoms with Gasteiger partial charge < -0.3 is 9.47 Å². The van der Waals surface area contributed by atoms with Crippen LogP contribution in [0.1, 0.15) is 10.9 Å². The van der Waals surface area contributed by atoms with Gasteiger partial charge in [-0.15, -0.1) is 11.6 Å².